The predicted molar refractivity (Wildman–Crippen MR) is 79.0 cm³/mol. The third-order valence-corrected chi connectivity index (χ3v) is 3.21. The Hall–Kier alpha value is -2.07. The van der Waals surface area contributed by atoms with Crippen LogP contribution in [0.5, 0.6) is 11.6 Å². The van der Waals surface area contributed by atoms with Gasteiger partial charge < -0.3 is 14.8 Å². The first-order valence-corrected chi connectivity index (χ1v) is 6.59. The molecule has 1 atom stereocenters. The highest BCUT2D eigenvalue weighted by Crippen LogP contribution is 2.19. The quantitative estimate of drug-likeness (QED) is 0.878. The molecule has 0 unspecified atom stereocenters. The van der Waals surface area contributed by atoms with Gasteiger partial charge in [0.25, 0.3) is 0 Å². The SMILES string of the molecule is COc1cccc([C@@H](C)NCc2ccc(OC)nc2)c1. The van der Waals surface area contributed by atoms with Crippen molar-refractivity contribution in [3.63, 3.8) is 0 Å². The number of rotatable bonds is 6. The third-order valence-electron chi connectivity index (χ3n) is 3.21. The summed E-state index contributed by atoms with van der Waals surface area (Å²) >= 11 is 0. The molecule has 2 rings (SSSR count). The summed E-state index contributed by atoms with van der Waals surface area (Å²) in [7, 11) is 3.30. The Balaban J connectivity index is 1.95. The average Bonchev–Trinajstić information content (AvgIpc) is 2.53. The molecule has 1 aromatic heterocycles. The van der Waals surface area contributed by atoms with Crippen molar-refractivity contribution in [1.29, 1.82) is 0 Å². The van der Waals surface area contributed by atoms with Crippen molar-refractivity contribution in [3.05, 3.63) is 53.7 Å². The Bertz CT molecular complexity index is 540. The number of nitrogens with zero attached hydrogens (tertiary/aromatic N) is 1. The zero-order valence-electron chi connectivity index (χ0n) is 12.1. The Morgan fingerprint density at radius 1 is 1.15 bits per heavy atom. The van der Waals surface area contributed by atoms with E-state index in [1.807, 2.05) is 36.5 Å². The Kier molecular flexibility index (Phi) is 4.96. The first-order valence-electron chi connectivity index (χ1n) is 6.59. The van der Waals surface area contributed by atoms with Crippen LogP contribution in [0, 0.1) is 0 Å². The lowest BCUT2D eigenvalue weighted by Gasteiger charge is -2.15. The van der Waals surface area contributed by atoms with Crippen molar-refractivity contribution >= 4 is 0 Å². The molecule has 4 heteroatoms. The first-order chi connectivity index (χ1) is 9.72. The van der Waals surface area contributed by atoms with Crippen LogP contribution in [0.3, 0.4) is 0 Å². The predicted octanol–water partition coefficient (Wildman–Crippen LogP) is 2.95. The van der Waals surface area contributed by atoms with E-state index in [1.54, 1.807) is 14.2 Å². The summed E-state index contributed by atoms with van der Waals surface area (Å²) in [6, 6.07) is 12.2. The zero-order valence-corrected chi connectivity index (χ0v) is 12.1. The van der Waals surface area contributed by atoms with Gasteiger partial charge in [0.2, 0.25) is 5.88 Å². The lowest BCUT2D eigenvalue weighted by molar-refractivity contribution is 0.397. The van der Waals surface area contributed by atoms with Gasteiger partial charge in [0, 0.05) is 24.8 Å². The first kappa shape index (κ1) is 14.3. The van der Waals surface area contributed by atoms with Crippen molar-refractivity contribution < 1.29 is 9.47 Å². The molecule has 0 amide bonds. The fourth-order valence-corrected chi connectivity index (χ4v) is 1.94. The van der Waals surface area contributed by atoms with Gasteiger partial charge in [-0.15, -0.1) is 0 Å². The molecule has 2 aromatic rings. The maximum Gasteiger partial charge on any atom is 0.212 e. The molecule has 0 saturated heterocycles. The molecule has 0 bridgehead atoms. The number of nitrogens with one attached hydrogen (secondary N) is 1. The molecule has 0 saturated carbocycles. The van der Waals surface area contributed by atoms with E-state index in [-0.39, 0.29) is 6.04 Å². The van der Waals surface area contributed by atoms with Crippen LogP contribution in [0.1, 0.15) is 24.1 Å². The van der Waals surface area contributed by atoms with E-state index in [1.165, 1.54) is 5.56 Å². The van der Waals surface area contributed by atoms with E-state index in [0.29, 0.717) is 5.88 Å². The number of hydrogen-bond donors (Lipinski definition) is 1. The van der Waals surface area contributed by atoms with Crippen molar-refractivity contribution in [2.45, 2.75) is 19.5 Å². The van der Waals surface area contributed by atoms with E-state index in [9.17, 15) is 0 Å². The number of benzene rings is 1. The smallest absolute Gasteiger partial charge is 0.212 e. The van der Waals surface area contributed by atoms with E-state index in [2.05, 4.69) is 23.3 Å². The van der Waals surface area contributed by atoms with Gasteiger partial charge in [-0.3, -0.25) is 0 Å². The molecule has 20 heavy (non-hydrogen) atoms. The Morgan fingerprint density at radius 2 is 2.00 bits per heavy atom. The molecule has 1 aromatic carbocycles. The van der Waals surface area contributed by atoms with Gasteiger partial charge in [0.1, 0.15) is 5.75 Å². The van der Waals surface area contributed by atoms with Crippen molar-refractivity contribution in [2.75, 3.05) is 14.2 Å². The van der Waals surface area contributed by atoms with Gasteiger partial charge >= 0.3 is 0 Å². The molecule has 1 N–H and O–H groups in total. The van der Waals surface area contributed by atoms with Gasteiger partial charge in [-0.1, -0.05) is 18.2 Å². The minimum absolute atomic E-state index is 0.243. The maximum atomic E-state index is 5.24. The average molecular weight is 272 g/mol. The summed E-state index contributed by atoms with van der Waals surface area (Å²) in [5.41, 5.74) is 2.33. The summed E-state index contributed by atoms with van der Waals surface area (Å²) in [5.74, 6) is 1.51. The van der Waals surface area contributed by atoms with Crippen LogP contribution < -0.4 is 14.8 Å². The molecule has 0 aliphatic carbocycles. The lowest BCUT2D eigenvalue weighted by atomic mass is 10.1. The minimum atomic E-state index is 0.243. The Morgan fingerprint density at radius 3 is 2.65 bits per heavy atom. The second kappa shape index (κ2) is 6.91. The number of methoxy groups -OCH3 is 2. The highest BCUT2D eigenvalue weighted by atomic mass is 16.5. The number of ether oxygens (including phenoxy) is 2. The highest BCUT2D eigenvalue weighted by molar-refractivity contribution is 5.30. The summed E-state index contributed by atoms with van der Waals surface area (Å²) in [5, 5.41) is 3.47. The second-order valence-electron chi connectivity index (χ2n) is 4.59. The summed E-state index contributed by atoms with van der Waals surface area (Å²) in [4.78, 5) is 4.19. The molecule has 0 fully saturated rings. The van der Waals surface area contributed by atoms with Crippen LogP contribution in [0.25, 0.3) is 0 Å². The standard InChI is InChI=1S/C16H20N2O2/c1-12(14-5-4-6-15(9-14)19-2)17-10-13-7-8-16(20-3)18-11-13/h4-9,11-12,17H,10H2,1-3H3/t12-/m1/s1. The van der Waals surface area contributed by atoms with E-state index >= 15 is 0 Å². The van der Waals surface area contributed by atoms with Crippen LogP contribution in [0.4, 0.5) is 0 Å². The minimum Gasteiger partial charge on any atom is -0.497 e. The van der Waals surface area contributed by atoms with Gasteiger partial charge in [-0.2, -0.15) is 0 Å². The molecule has 0 radical (unpaired) electrons. The fraction of sp³-hybridized carbons (Fsp3) is 0.312. The van der Waals surface area contributed by atoms with Crippen molar-refractivity contribution in [1.82, 2.24) is 10.3 Å². The van der Waals surface area contributed by atoms with Crippen LogP contribution in [0.15, 0.2) is 42.6 Å². The van der Waals surface area contributed by atoms with Crippen molar-refractivity contribution in [3.8, 4) is 11.6 Å². The van der Waals surface area contributed by atoms with Crippen LogP contribution >= 0.6 is 0 Å². The van der Waals surface area contributed by atoms with E-state index in [4.69, 9.17) is 9.47 Å². The monoisotopic (exact) mass is 272 g/mol. The van der Waals surface area contributed by atoms with E-state index in [0.717, 1.165) is 17.9 Å². The summed E-state index contributed by atoms with van der Waals surface area (Å²) in [6.07, 6.45) is 1.82. The topological polar surface area (TPSA) is 43.4 Å². The largest absolute Gasteiger partial charge is 0.497 e. The molecule has 4 nitrogen and oxygen atoms in total. The lowest BCUT2D eigenvalue weighted by Crippen LogP contribution is -2.18. The van der Waals surface area contributed by atoms with Crippen LogP contribution in [-0.2, 0) is 6.54 Å². The zero-order chi connectivity index (χ0) is 14.4. The molecule has 1 heterocycles. The van der Waals surface area contributed by atoms with Crippen LogP contribution in [0.2, 0.25) is 0 Å². The van der Waals surface area contributed by atoms with Crippen LogP contribution in [-0.4, -0.2) is 19.2 Å². The molecule has 0 spiro atoms. The van der Waals surface area contributed by atoms with Crippen molar-refractivity contribution in [2.24, 2.45) is 0 Å². The molecule has 106 valence electrons. The van der Waals surface area contributed by atoms with Gasteiger partial charge in [0.05, 0.1) is 14.2 Å². The van der Waals surface area contributed by atoms with Gasteiger partial charge in [0.15, 0.2) is 0 Å². The summed E-state index contributed by atoms with van der Waals surface area (Å²) in [6.45, 7) is 2.89. The van der Waals surface area contributed by atoms with E-state index < -0.39 is 0 Å². The molecular formula is C16H20N2O2. The highest BCUT2D eigenvalue weighted by Gasteiger charge is 2.06. The summed E-state index contributed by atoms with van der Waals surface area (Å²) < 4.78 is 10.3. The normalized spacial score (nSPS) is 11.9. The second-order valence-corrected chi connectivity index (χ2v) is 4.59. The number of aromatic nitrogens is 1. The third kappa shape index (κ3) is 3.71. The van der Waals surface area contributed by atoms with Gasteiger partial charge in [-0.05, 0) is 30.2 Å². The molecular weight excluding hydrogens is 252 g/mol. The fourth-order valence-electron chi connectivity index (χ4n) is 1.94. The number of hydrogen-bond acceptors (Lipinski definition) is 4. The Labute approximate surface area is 119 Å². The molecule has 0 aliphatic heterocycles. The number of pyridine rings is 1. The molecule has 0 aliphatic rings. The maximum absolute atomic E-state index is 5.24. The van der Waals surface area contributed by atoms with Gasteiger partial charge in [-0.25, -0.2) is 4.98 Å².